The zero-order chi connectivity index (χ0) is 8.36. The van der Waals surface area contributed by atoms with E-state index in [2.05, 4.69) is 0 Å². The highest BCUT2D eigenvalue weighted by Gasteiger charge is 2.11. The number of nitrogens with zero attached hydrogens (tertiary/aromatic N) is 1. The molecule has 0 aliphatic rings. The maximum Gasteiger partial charge on any atom is 0.211 e. The van der Waals surface area contributed by atoms with Crippen molar-refractivity contribution in [3.05, 3.63) is 0 Å². The Bertz CT molecular complexity index is 186. The smallest absolute Gasteiger partial charge is 0.211 e. The Morgan fingerprint density at radius 1 is 1.60 bits per heavy atom. The number of hydrogen-bond acceptors (Lipinski definition) is 3. The van der Waals surface area contributed by atoms with Gasteiger partial charge in [0.05, 0.1) is 6.26 Å². The zero-order valence-electron chi connectivity index (χ0n) is 6.53. The minimum atomic E-state index is -3.04. The summed E-state index contributed by atoms with van der Waals surface area (Å²) in [4.78, 5) is 0. The largest absolute Gasteiger partial charge is 0.327 e. The number of rotatable bonds is 3. The predicted molar refractivity (Wildman–Crippen MR) is 41.1 cm³/mol. The third-order valence-electron chi connectivity index (χ3n) is 1.11. The predicted octanol–water partition coefficient (Wildman–Crippen LogP) is -0.775. The van der Waals surface area contributed by atoms with Gasteiger partial charge in [0.2, 0.25) is 10.0 Å². The summed E-state index contributed by atoms with van der Waals surface area (Å²) in [6.45, 7) is 2.14. The Hall–Kier alpha value is -0.130. The van der Waals surface area contributed by atoms with Gasteiger partial charge in [-0.1, -0.05) is 0 Å². The molecule has 0 saturated heterocycles. The quantitative estimate of drug-likeness (QED) is 0.598. The molecule has 0 amide bonds. The molecule has 0 spiro atoms. The van der Waals surface area contributed by atoms with Gasteiger partial charge < -0.3 is 5.73 Å². The van der Waals surface area contributed by atoms with Crippen LogP contribution in [-0.2, 0) is 10.0 Å². The lowest BCUT2D eigenvalue weighted by Crippen LogP contribution is -2.36. The molecule has 0 aromatic rings. The van der Waals surface area contributed by atoms with Gasteiger partial charge in [-0.3, -0.25) is 0 Å². The van der Waals surface area contributed by atoms with E-state index in [1.165, 1.54) is 11.4 Å². The molecule has 4 nitrogen and oxygen atoms in total. The monoisotopic (exact) mass is 166 g/mol. The van der Waals surface area contributed by atoms with Crippen LogP contribution in [0.2, 0.25) is 0 Å². The number of nitrogens with two attached hydrogens (primary N) is 1. The second-order valence-corrected chi connectivity index (χ2v) is 4.61. The Morgan fingerprint density at radius 3 is 2.10 bits per heavy atom. The molecule has 5 heteroatoms. The molecule has 0 aromatic heterocycles. The highest BCUT2D eigenvalue weighted by Crippen LogP contribution is 1.92. The molecule has 2 N–H and O–H groups in total. The van der Waals surface area contributed by atoms with Gasteiger partial charge in [0.1, 0.15) is 0 Å². The molecule has 0 aliphatic carbocycles. The van der Waals surface area contributed by atoms with Crippen molar-refractivity contribution >= 4 is 10.0 Å². The first kappa shape index (κ1) is 9.87. The van der Waals surface area contributed by atoms with Gasteiger partial charge >= 0.3 is 0 Å². The second kappa shape index (κ2) is 3.32. The molecule has 0 rings (SSSR count). The van der Waals surface area contributed by atoms with Crippen molar-refractivity contribution in [1.29, 1.82) is 0 Å². The minimum Gasteiger partial charge on any atom is -0.327 e. The maximum atomic E-state index is 10.7. The Balaban J connectivity index is 3.99. The van der Waals surface area contributed by atoms with Crippen LogP contribution in [0.25, 0.3) is 0 Å². The van der Waals surface area contributed by atoms with Crippen molar-refractivity contribution in [2.45, 2.75) is 13.0 Å². The summed E-state index contributed by atoms with van der Waals surface area (Å²) in [5.41, 5.74) is 5.38. The van der Waals surface area contributed by atoms with Gasteiger partial charge in [-0.2, -0.15) is 0 Å². The Morgan fingerprint density at radius 2 is 2.00 bits per heavy atom. The van der Waals surface area contributed by atoms with Gasteiger partial charge in [-0.05, 0) is 6.92 Å². The van der Waals surface area contributed by atoms with E-state index in [0.29, 0.717) is 6.54 Å². The molecule has 0 heterocycles. The van der Waals surface area contributed by atoms with Crippen LogP contribution in [0, 0.1) is 0 Å². The van der Waals surface area contributed by atoms with Crippen molar-refractivity contribution in [2.75, 3.05) is 19.8 Å². The van der Waals surface area contributed by atoms with Crippen LogP contribution in [-0.4, -0.2) is 38.6 Å². The van der Waals surface area contributed by atoms with Crippen molar-refractivity contribution in [2.24, 2.45) is 5.73 Å². The summed E-state index contributed by atoms with van der Waals surface area (Å²) in [6.07, 6.45) is 1.16. The fraction of sp³-hybridized carbons (Fsp3) is 1.00. The van der Waals surface area contributed by atoms with Crippen LogP contribution in [0.3, 0.4) is 0 Å². The normalized spacial score (nSPS) is 15.7. The molecule has 0 radical (unpaired) electrons. The molecule has 0 aromatic carbocycles. The highest BCUT2D eigenvalue weighted by atomic mass is 32.2. The Labute approximate surface area is 62.1 Å². The second-order valence-electron chi connectivity index (χ2n) is 2.52. The van der Waals surface area contributed by atoms with Crippen LogP contribution in [0.4, 0.5) is 0 Å². The van der Waals surface area contributed by atoms with Crippen LogP contribution >= 0.6 is 0 Å². The fourth-order valence-corrected chi connectivity index (χ4v) is 1.05. The summed E-state index contributed by atoms with van der Waals surface area (Å²) in [6, 6.07) is -0.111. The van der Waals surface area contributed by atoms with E-state index in [4.69, 9.17) is 5.73 Å². The van der Waals surface area contributed by atoms with Crippen molar-refractivity contribution in [3.63, 3.8) is 0 Å². The summed E-state index contributed by atoms with van der Waals surface area (Å²) in [7, 11) is -1.53. The van der Waals surface area contributed by atoms with E-state index in [-0.39, 0.29) is 6.04 Å². The van der Waals surface area contributed by atoms with Gasteiger partial charge in [0.25, 0.3) is 0 Å². The molecular weight excluding hydrogens is 152 g/mol. The lowest BCUT2D eigenvalue weighted by molar-refractivity contribution is 0.449. The molecular formula is C5H14N2O2S. The first-order chi connectivity index (χ1) is 4.34. The summed E-state index contributed by atoms with van der Waals surface area (Å²) < 4.78 is 22.7. The third-order valence-corrected chi connectivity index (χ3v) is 2.39. The van der Waals surface area contributed by atoms with E-state index in [1.54, 1.807) is 6.92 Å². The van der Waals surface area contributed by atoms with Gasteiger partial charge in [-0.15, -0.1) is 0 Å². The lowest BCUT2D eigenvalue weighted by atomic mass is 10.4. The molecule has 0 bridgehead atoms. The minimum absolute atomic E-state index is 0.111. The van der Waals surface area contributed by atoms with Crippen LogP contribution < -0.4 is 5.73 Å². The number of hydrogen-bond donors (Lipinski definition) is 1. The summed E-state index contributed by atoms with van der Waals surface area (Å²) in [5.74, 6) is 0. The maximum absolute atomic E-state index is 10.7. The third kappa shape index (κ3) is 3.81. The van der Waals surface area contributed by atoms with E-state index >= 15 is 0 Å². The van der Waals surface area contributed by atoms with E-state index in [1.807, 2.05) is 0 Å². The molecule has 1 atom stereocenters. The first-order valence-corrected chi connectivity index (χ1v) is 4.85. The molecule has 0 fully saturated rings. The topological polar surface area (TPSA) is 63.4 Å². The number of sulfonamides is 1. The van der Waals surface area contributed by atoms with Crippen LogP contribution in [0.15, 0.2) is 0 Å². The molecule has 0 unspecified atom stereocenters. The van der Waals surface area contributed by atoms with Gasteiger partial charge in [0.15, 0.2) is 0 Å². The van der Waals surface area contributed by atoms with Crippen molar-refractivity contribution in [3.8, 4) is 0 Å². The van der Waals surface area contributed by atoms with Crippen LogP contribution in [0.5, 0.6) is 0 Å². The van der Waals surface area contributed by atoms with Crippen molar-refractivity contribution < 1.29 is 8.42 Å². The lowest BCUT2D eigenvalue weighted by Gasteiger charge is -2.15. The standard InChI is InChI=1S/C5H14N2O2S/c1-5(6)4-7(2)10(3,8)9/h5H,4,6H2,1-3H3/t5-/m0/s1. The highest BCUT2D eigenvalue weighted by molar-refractivity contribution is 7.88. The van der Waals surface area contributed by atoms with Crippen molar-refractivity contribution in [1.82, 2.24) is 4.31 Å². The van der Waals surface area contributed by atoms with E-state index < -0.39 is 10.0 Å². The molecule has 0 saturated carbocycles. The Kier molecular flexibility index (Phi) is 3.27. The molecule has 10 heavy (non-hydrogen) atoms. The van der Waals surface area contributed by atoms with Gasteiger partial charge in [0, 0.05) is 19.6 Å². The van der Waals surface area contributed by atoms with E-state index in [0.717, 1.165) is 6.26 Å². The SMILES string of the molecule is C[C@H](N)CN(C)S(C)(=O)=O. The zero-order valence-corrected chi connectivity index (χ0v) is 7.35. The summed E-state index contributed by atoms with van der Waals surface area (Å²) >= 11 is 0. The molecule has 62 valence electrons. The number of likely N-dealkylation sites (N-methyl/N-ethyl adjacent to an activating group) is 1. The fourth-order valence-electron chi connectivity index (χ4n) is 0.541. The van der Waals surface area contributed by atoms with E-state index in [9.17, 15) is 8.42 Å². The summed E-state index contributed by atoms with van der Waals surface area (Å²) in [5, 5.41) is 0. The van der Waals surface area contributed by atoms with Crippen LogP contribution in [0.1, 0.15) is 6.92 Å². The van der Waals surface area contributed by atoms with Gasteiger partial charge in [-0.25, -0.2) is 12.7 Å². The average molecular weight is 166 g/mol. The molecule has 0 aliphatic heterocycles. The average Bonchev–Trinajstić information content (AvgIpc) is 1.60. The first-order valence-electron chi connectivity index (χ1n) is 3.01.